The van der Waals surface area contributed by atoms with Gasteiger partial charge in [-0.1, -0.05) is 18.2 Å². The van der Waals surface area contributed by atoms with Gasteiger partial charge in [0.05, 0.1) is 26.4 Å². The standard InChI is InChI=1S/C13H14O6/c1-19-13(18)6-9-4-2-3-8(5-11(14)15)10(9)7-12(16)17/h2-4H,5-7H2,1H3,(H,14,15)(H,16,17). The van der Waals surface area contributed by atoms with Crippen LogP contribution in [0.2, 0.25) is 0 Å². The van der Waals surface area contributed by atoms with Crippen molar-refractivity contribution in [2.24, 2.45) is 0 Å². The summed E-state index contributed by atoms with van der Waals surface area (Å²) in [6.45, 7) is 0. The van der Waals surface area contributed by atoms with Crippen LogP contribution in [0.1, 0.15) is 16.7 Å². The van der Waals surface area contributed by atoms with Crippen molar-refractivity contribution in [3.8, 4) is 0 Å². The molecule has 0 saturated carbocycles. The van der Waals surface area contributed by atoms with Gasteiger partial charge in [-0.2, -0.15) is 0 Å². The third kappa shape index (κ3) is 4.42. The van der Waals surface area contributed by atoms with Crippen LogP contribution in [0.15, 0.2) is 18.2 Å². The van der Waals surface area contributed by atoms with Gasteiger partial charge in [0, 0.05) is 0 Å². The molecule has 1 aromatic carbocycles. The van der Waals surface area contributed by atoms with Gasteiger partial charge in [-0.25, -0.2) is 0 Å². The highest BCUT2D eigenvalue weighted by Crippen LogP contribution is 2.18. The van der Waals surface area contributed by atoms with Gasteiger partial charge in [0.25, 0.3) is 0 Å². The minimum Gasteiger partial charge on any atom is -0.481 e. The Morgan fingerprint density at radius 1 is 1.00 bits per heavy atom. The molecule has 0 aliphatic carbocycles. The van der Waals surface area contributed by atoms with Crippen molar-refractivity contribution in [1.29, 1.82) is 0 Å². The second-order valence-electron chi connectivity index (χ2n) is 3.95. The van der Waals surface area contributed by atoms with Gasteiger partial charge in [0.1, 0.15) is 0 Å². The molecule has 19 heavy (non-hydrogen) atoms. The van der Waals surface area contributed by atoms with E-state index in [0.717, 1.165) is 0 Å². The number of aliphatic carboxylic acids is 2. The summed E-state index contributed by atoms with van der Waals surface area (Å²) in [7, 11) is 1.24. The Balaban J connectivity index is 3.16. The van der Waals surface area contributed by atoms with Crippen molar-refractivity contribution in [3.05, 3.63) is 34.9 Å². The number of carboxylic acids is 2. The fourth-order valence-corrected chi connectivity index (χ4v) is 1.79. The molecule has 0 aromatic heterocycles. The number of esters is 1. The van der Waals surface area contributed by atoms with E-state index in [1.807, 2.05) is 0 Å². The highest BCUT2D eigenvalue weighted by Gasteiger charge is 2.16. The first kappa shape index (κ1) is 14.7. The summed E-state index contributed by atoms with van der Waals surface area (Å²) in [5.74, 6) is -2.63. The monoisotopic (exact) mass is 266 g/mol. The lowest BCUT2D eigenvalue weighted by Gasteiger charge is -2.11. The van der Waals surface area contributed by atoms with Crippen molar-refractivity contribution in [3.63, 3.8) is 0 Å². The molecule has 0 heterocycles. The molecular weight excluding hydrogens is 252 g/mol. The molecule has 1 aromatic rings. The Morgan fingerprint density at radius 2 is 1.53 bits per heavy atom. The van der Waals surface area contributed by atoms with Gasteiger partial charge in [-0.05, 0) is 16.7 Å². The molecule has 0 spiro atoms. The number of hydrogen-bond acceptors (Lipinski definition) is 4. The van der Waals surface area contributed by atoms with E-state index in [0.29, 0.717) is 16.7 Å². The molecule has 0 aliphatic heterocycles. The molecule has 0 fully saturated rings. The maximum absolute atomic E-state index is 11.3. The highest BCUT2D eigenvalue weighted by molar-refractivity contribution is 5.77. The van der Waals surface area contributed by atoms with Gasteiger partial charge in [0.15, 0.2) is 0 Å². The van der Waals surface area contributed by atoms with E-state index in [1.165, 1.54) is 7.11 Å². The number of carbonyl (C=O) groups is 3. The van der Waals surface area contributed by atoms with Crippen LogP contribution in [0, 0.1) is 0 Å². The largest absolute Gasteiger partial charge is 0.481 e. The van der Waals surface area contributed by atoms with Crippen LogP contribution in [-0.2, 0) is 38.4 Å². The molecule has 0 amide bonds. The van der Waals surface area contributed by atoms with Crippen LogP contribution in [-0.4, -0.2) is 35.2 Å². The summed E-state index contributed by atoms with van der Waals surface area (Å²) < 4.78 is 4.53. The van der Waals surface area contributed by atoms with Crippen LogP contribution in [0.4, 0.5) is 0 Å². The van der Waals surface area contributed by atoms with E-state index < -0.39 is 17.9 Å². The Labute approximate surface area is 109 Å². The Hall–Kier alpha value is -2.37. The zero-order valence-electron chi connectivity index (χ0n) is 10.4. The first-order chi connectivity index (χ1) is 8.93. The fraction of sp³-hybridized carbons (Fsp3) is 0.308. The van der Waals surface area contributed by atoms with Crippen molar-refractivity contribution < 1.29 is 29.3 Å². The summed E-state index contributed by atoms with van der Waals surface area (Å²) in [6, 6.07) is 4.75. The molecule has 0 aliphatic rings. The number of methoxy groups -OCH3 is 1. The third-order valence-electron chi connectivity index (χ3n) is 2.60. The van der Waals surface area contributed by atoms with Gasteiger partial charge >= 0.3 is 17.9 Å². The van der Waals surface area contributed by atoms with E-state index >= 15 is 0 Å². The lowest BCUT2D eigenvalue weighted by molar-refractivity contribution is -0.140. The fourth-order valence-electron chi connectivity index (χ4n) is 1.79. The van der Waals surface area contributed by atoms with Crippen molar-refractivity contribution in [2.45, 2.75) is 19.3 Å². The molecule has 0 bridgehead atoms. The number of ether oxygens (including phenoxy) is 1. The topological polar surface area (TPSA) is 101 Å². The summed E-state index contributed by atoms with van der Waals surface area (Å²) in [5.41, 5.74) is 1.24. The van der Waals surface area contributed by atoms with Crippen LogP contribution < -0.4 is 0 Å². The van der Waals surface area contributed by atoms with Gasteiger partial charge in [-0.3, -0.25) is 14.4 Å². The van der Waals surface area contributed by atoms with Crippen molar-refractivity contribution >= 4 is 17.9 Å². The second kappa shape index (κ2) is 6.53. The van der Waals surface area contributed by atoms with Gasteiger partial charge in [-0.15, -0.1) is 0 Å². The van der Waals surface area contributed by atoms with Gasteiger partial charge < -0.3 is 14.9 Å². The van der Waals surface area contributed by atoms with E-state index in [-0.39, 0.29) is 19.3 Å². The molecule has 0 unspecified atom stereocenters. The van der Waals surface area contributed by atoms with E-state index in [2.05, 4.69) is 4.74 Å². The van der Waals surface area contributed by atoms with Crippen molar-refractivity contribution in [1.82, 2.24) is 0 Å². The predicted octanol–water partition coefficient (Wildman–Crippen LogP) is 0.656. The predicted molar refractivity (Wildman–Crippen MR) is 64.8 cm³/mol. The first-order valence-corrected chi connectivity index (χ1v) is 5.54. The number of carbonyl (C=O) groups excluding carboxylic acids is 1. The maximum atomic E-state index is 11.3. The summed E-state index contributed by atoms with van der Waals surface area (Å²) >= 11 is 0. The SMILES string of the molecule is COC(=O)Cc1cccc(CC(=O)O)c1CC(=O)O. The zero-order chi connectivity index (χ0) is 14.4. The third-order valence-corrected chi connectivity index (χ3v) is 2.60. The van der Waals surface area contributed by atoms with E-state index in [1.54, 1.807) is 18.2 Å². The summed E-state index contributed by atoms with van der Waals surface area (Å²) in [5, 5.41) is 17.7. The van der Waals surface area contributed by atoms with Gasteiger partial charge in [0.2, 0.25) is 0 Å². The molecule has 1 rings (SSSR count). The minimum atomic E-state index is -1.08. The average molecular weight is 266 g/mol. The van der Waals surface area contributed by atoms with Crippen LogP contribution in [0.3, 0.4) is 0 Å². The van der Waals surface area contributed by atoms with E-state index in [9.17, 15) is 14.4 Å². The average Bonchev–Trinajstić information content (AvgIpc) is 2.31. The second-order valence-corrected chi connectivity index (χ2v) is 3.95. The summed E-state index contributed by atoms with van der Waals surface area (Å²) in [6.07, 6.45) is -0.681. The highest BCUT2D eigenvalue weighted by atomic mass is 16.5. The van der Waals surface area contributed by atoms with E-state index in [4.69, 9.17) is 10.2 Å². The molecule has 102 valence electrons. The molecule has 6 nitrogen and oxygen atoms in total. The number of carboxylic acid groups (broad SMARTS) is 2. The Kier molecular flexibility index (Phi) is 5.05. The minimum absolute atomic E-state index is 0.0768. The Morgan fingerprint density at radius 3 is 2.00 bits per heavy atom. The number of rotatable bonds is 6. The van der Waals surface area contributed by atoms with Crippen LogP contribution in [0.25, 0.3) is 0 Å². The quantitative estimate of drug-likeness (QED) is 0.733. The lowest BCUT2D eigenvalue weighted by atomic mass is 9.94. The Bertz CT molecular complexity index is 506. The first-order valence-electron chi connectivity index (χ1n) is 5.54. The van der Waals surface area contributed by atoms with Crippen LogP contribution in [0.5, 0.6) is 0 Å². The molecular formula is C13H14O6. The van der Waals surface area contributed by atoms with Crippen LogP contribution >= 0.6 is 0 Å². The molecule has 6 heteroatoms. The molecule has 0 saturated heterocycles. The molecule has 2 N–H and O–H groups in total. The maximum Gasteiger partial charge on any atom is 0.309 e. The zero-order valence-corrected chi connectivity index (χ0v) is 10.4. The lowest BCUT2D eigenvalue weighted by Crippen LogP contribution is -2.13. The van der Waals surface area contributed by atoms with Crippen molar-refractivity contribution in [2.75, 3.05) is 7.11 Å². The number of hydrogen-bond donors (Lipinski definition) is 2. The number of benzene rings is 1. The summed E-state index contributed by atoms with van der Waals surface area (Å²) in [4.78, 5) is 32.9. The normalized spacial score (nSPS) is 9.95. The molecule has 0 radical (unpaired) electrons. The smallest absolute Gasteiger partial charge is 0.309 e. The molecule has 0 atom stereocenters.